The van der Waals surface area contributed by atoms with E-state index in [2.05, 4.69) is 37.4 Å². The molecule has 0 saturated carbocycles. The van der Waals surface area contributed by atoms with Gasteiger partial charge < -0.3 is 0 Å². The van der Waals surface area contributed by atoms with Crippen LogP contribution in [0.1, 0.15) is 26.6 Å². The predicted molar refractivity (Wildman–Crippen MR) is 49.5 cm³/mol. The molecule has 0 aromatic carbocycles. The van der Waals surface area contributed by atoms with Gasteiger partial charge in [-0.15, -0.1) is 0 Å². The molecule has 3 heteroatoms. The summed E-state index contributed by atoms with van der Waals surface area (Å²) in [6.45, 7) is 10.4. The van der Waals surface area contributed by atoms with Crippen LogP contribution in [0.5, 0.6) is 0 Å². The van der Waals surface area contributed by atoms with E-state index in [0.717, 1.165) is 11.4 Å². The van der Waals surface area contributed by atoms with E-state index < -0.39 is 0 Å². The van der Waals surface area contributed by atoms with E-state index in [0.29, 0.717) is 0 Å². The fourth-order valence-corrected chi connectivity index (χ4v) is 0.905. The van der Waals surface area contributed by atoms with Gasteiger partial charge in [-0.2, -0.15) is 5.10 Å². The molecular weight excluding hydrogens is 150 g/mol. The minimum Gasteiger partial charge on any atom is -0.249 e. The zero-order valence-electron chi connectivity index (χ0n) is 8.13. The van der Waals surface area contributed by atoms with Crippen LogP contribution in [-0.4, -0.2) is 14.8 Å². The standard InChI is InChI=1S/C9H15N3/c1-7(9(2,3)4)8-10-6-11-12(8)5/h6H,1H2,2-5H3. The Hall–Kier alpha value is -1.12. The largest absolute Gasteiger partial charge is 0.249 e. The van der Waals surface area contributed by atoms with Gasteiger partial charge in [0.1, 0.15) is 6.33 Å². The molecule has 12 heavy (non-hydrogen) atoms. The highest BCUT2D eigenvalue weighted by Gasteiger charge is 2.19. The number of aryl methyl sites for hydroxylation is 1. The molecule has 0 aliphatic rings. The molecule has 1 rings (SSSR count). The van der Waals surface area contributed by atoms with Crippen molar-refractivity contribution in [2.45, 2.75) is 20.8 Å². The third-order valence-corrected chi connectivity index (χ3v) is 1.89. The topological polar surface area (TPSA) is 30.7 Å². The highest BCUT2D eigenvalue weighted by atomic mass is 15.3. The summed E-state index contributed by atoms with van der Waals surface area (Å²) in [4.78, 5) is 4.13. The lowest BCUT2D eigenvalue weighted by molar-refractivity contribution is 0.556. The minimum absolute atomic E-state index is 0.0563. The lowest BCUT2D eigenvalue weighted by Crippen LogP contribution is -2.11. The van der Waals surface area contributed by atoms with Crippen molar-refractivity contribution < 1.29 is 0 Å². The molecule has 0 atom stereocenters. The fourth-order valence-electron chi connectivity index (χ4n) is 0.905. The highest BCUT2D eigenvalue weighted by molar-refractivity contribution is 5.61. The molecule has 1 aromatic heterocycles. The van der Waals surface area contributed by atoms with E-state index in [1.54, 1.807) is 11.0 Å². The van der Waals surface area contributed by atoms with Gasteiger partial charge in [-0.05, 0) is 11.0 Å². The summed E-state index contributed by atoms with van der Waals surface area (Å²) in [5.41, 5.74) is 1.07. The molecule has 3 nitrogen and oxygen atoms in total. The van der Waals surface area contributed by atoms with Gasteiger partial charge in [0.15, 0.2) is 5.82 Å². The molecule has 66 valence electrons. The fraction of sp³-hybridized carbons (Fsp3) is 0.556. The molecule has 0 aliphatic heterocycles. The van der Waals surface area contributed by atoms with Gasteiger partial charge in [0.25, 0.3) is 0 Å². The average Bonchev–Trinajstić information content (AvgIpc) is 2.31. The SMILES string of the molecule is C=C(c1ncnn1C)C(C)(C)C. The smallest absolute Gasteiger partial charge is 0.153 e. The molecule has 0 radical (unpaired) electrons. The van der Waals surface area contributed by atoms with Gasteiger partial charge in [-0.25, -0.2) is 9.67 Å². The Balaban J connectivity index is 3.01. The molecule has 0 spiro atoms. The summed E-state index contributed by atoms with van der Waals surface area (Å²) in [5.74, 6) is 0.863. The zero-order valence-corrected chi connectivity index (χ0v) is 8.13. The molecule has 0 bridgehead atoms. The number of hydrogen-bond donors (Lipinski definition) is 0. The molecule has 0 amide bonds. The average molecular weight is 165 g/mol. The zero-order chi connectivity index (χ0) is 9.35. The predicted octanol–water partition coefficient (Wildman–Crippen LogP) is 1.87. The quantitative estimate of drug-likeness (QED) is 0.636. The minimum atomic E-state index is 0.0563. The van der Waals surface area contributed by atoms with E-state index >= 15 is 0 Å². The monoisotopic (exact) mass is 165 g/mol. The van der Waals surface area contributed by atoms with Crippen molar-refractivity contribution in [2.24, 2.45) is 12.5 Å². The first-order valence-electron chi connectivity index (χ1n) is 3.96. The summed E-state index contributed by atoms with van der Waals surface area (Å²) in [5, 5.41) is 4.00. The Morgan fingerprint density at radius 2 is 2.08 bits per heavy atom. The van der Waals surface area contributed by atoms with Gasteiger partial charge in [0.05, 0.1) is 0 Å². The molecule has 1 aromatic rings. The first-order valence-corrected chi connectivity index (χ1v) is 3.96. The van der Waals surface area contributed by atoms with Gasteiger partial charge in [0, 0.05) is 7.05 Å². The number of nitrogens with zero attached hydrogens (tertiary/aromatic N) is 3. The maximum absolute atomic E-state index is 4.13. The second-order valence-corrected chi connectivity index (χ2v) is 3.94. The molecule has 0 saturated heterocycles. The lowest BCUT2D eigenvalue weighted by atomic mass is 9.87. The summed E-state index contributed by atoms with van der Waals surface area (Å²) in [7, 11) is 1.87. The van der Waals surface area contributed by atoms with Crippen molar-refractivity contribution in [3.05, 3.63) is 18.7 Å². The Labute approximate surface area is 73.1 Å². The van der Waals surface area contributed by atoms with Crippen LogP contribution >= 0.6 is 0 Å². The van der Waals surface area contributed by atoms with Gasteiger partial charge in [-0.1, -0.05) is 27.4 Å². The molecular formula is C9H15N3. The molecule has 0 unspecified atom stereocenters. The van der Waals surface area contributed by atoms with Crippen molar-refractivity contribution in [2.75, 3.05) is 0 Å². The second kappa shape index (κ2) is 2.73. The number of allylic oxidation sites excluding steroid dienone is 1. The first kappa shape index (κ1) is 8.97. The Morgan fingerprint density at radius 3 is 2.42 bits per heavy atom. The van der Waals surface area contributed by atoms with Crippen LogP contribution in [0.15, 0.2) is 12.9 Å². The Kier molecular flexibility index (Phi) is 2.04. The van der Waals surface area contributed by atoms with Crippen LogP contribution in [0.2, 0.25) is 0 Å². The van der Waals surface area contributed by atoms with Crippen LogP contribution in [0.3, 0.4) is 0 Å². The summed E-state index contributed by atoms with van der Waals surface area (Å²) in [6.07, 6.45) is 1.55. The molecule has 0 fully saturated rings. The third-order valence-electron chi connectivity index (χ3n) is 1.89. The van der Waals surface area contributed by atoms with Crippen molar-refractivity contribution in [3.63, 3.8) is 0 Å². The summed E-state index contributed by atoms with van der Waals surface area (Å²) >= 11 is 0. The van der Waals surface area contributed by atoms with Crippen LogP contribution in [0.25, 0.3) is 5.57 Å². The van der Waals surface area contributed by atoms with Crippen molar-refractivity contribution >= 4 is 5.57 Å². The number of aromatic nitrogens is 3. The highest BCUT2D eigenvalue weighted by Crippen LogP contribution is 2.30. The van der Waals surface area contributed by atoms with Crippen LogP contribution in [-0.2, 0) is 7.05 Å². The van der Waals surface area contributed by atoms with E-state index in [4.69, 9.17) is 0 Å². The normalized spacial score (nSPS) is 11.7. The van der Waals surface area contributed by atoms with Crippen molar-refractivity contribution in [1.82, 2.24) is 14.8 Å². The number of hydrogen-bond acceptors (Lipinski definition) is 2. The summed E-state index contributed by atoms with van der Waals surface area (Å²) in [6, 6.07) is 0. The van der Waals surface area contributed by atoms with E-state index in [9.17, 15) is 0 Å². The molecule has 0 N–H and O–H groups in total. The summed E-state index contributed by atoms with van der Waals surface area (Å²) < 4.78 is 1.74. The van der Waals surface area contributed by atoms with Gasteiger partial charge in [0.2, 0.25) is 0 Å². The van der Waals surface area contributed by atoms with Gasteiger partial charge >= 0.3 is 0 Å². The van der Waals surface area contributed by atoms with E-state index in [1.807, 2.05) is 7.05 Å². The van der Waals surface area contributed by atoms with E-state index in [1.165, 1.54) is 0 Å². The van der Waals surface area contributed by atoms with Crippen LogP contribution < -0.4 is 0 Å². The van der Waals surface area contributed by atoms with Gasteiger partial charge in [-0.3, -0.25) is 0 Å². The lowest BCUT2D eigenvalue weighted by Gasteiger charge is -2.20. The van der Waals surface area contributed by atoms with Crippen molar-refractivity contribution in [1.29, 1.82) is 0 Å². The molecule has 0 aliphatic carbocycles. The Morgan fingerprint density at radius 1 is 1.50 bits per heavy atom. The Bertz CT molecular complexity index is 291. The maximum Gasteiger partial charge on any atom is 0.153 e. The van der Waals surface area contributed by atoms with E-state index in [-0.39, 0.29) is 5.41 Å². The molecule has 1 heterocycles. The second-order valence-electron chi connectivity index (χ2n) is 3.94. The van der Waals surface area contributed by atoms with Crippen molar-refractivity contribution in [3.8, 4) is 0 Å². The number of rotatable bonds is 1. The van der Waals surface area contributed by atoms with Crippen LogP contribution in [0, 0.1) is 5.41 Å². The van der Waals surface area contributed by atoms with Crippen LogP contribution in [0.4, 0.5) is 0 Å². The first-order chi connectivity index (χ1) is 5.43. The maximum atomic E-state index is 4.13. The third kappa shape index (κ3) is 1.55.